The van der Waals surface area contributed by atoms with Gasteiger partial charge in [0, 0.05) is 12.1 Å². The van der Waals surface area contributed by atoms with Crippen molar-refractivity contribution in [2.24, 2.45) is 27.9 Å². The van der Waals surface area contributed by atoms with Gasteiger partial charge in [0.05, 0.1) is 5.41 Å². The van der Waals surface area contributed by atoms with Gasteiger partial charge in [-0.1, -0.05) is 13.8 Å². The Bertz CT molecular complexity index is 424. The molecule has 0 saturated heterocycles. The van der Waals surface area contributed by atoms with Crippen LogP contribution in [0.2, 0.25) is 0 Å². The Balaban J connectivity index is 1.84. The van der Waals surface area contributed by atoms with Crippen molar-refractivity contribution in [1.82, 2.24) is 5.32 Å². The van der Waals surface area contributed by atoms with Crippen LogP contribution in [0.25, 0.3) is 0 Å². The molecular weight excluding hydrogens is 248 g/mol. The van der Waals surface area contributed by atoms with Gasteiger partial charge in [-0.3, -0.25) is 4.79 Å². The third kappa shape index (κ3) is 2.18. The molecule has 0 spiro atoms. The van der Waals surface area contributed by atoms with Gasteiger partial charge in [-0.15, -0.1) is 0 Å². The van der Waals surface area contributed by atoms with E-state index >= 15 is 0 Å². The van der Waals surface area contributed by atoms with E-state index in [1.165, 1.54) is 38.5 Å². The highest BCUT2D eigenvalue weighted by molar-refractivity contribution is 5.82. The molecular formula is C17H30N2O. The maximum atomic E-state index is 12.6. The zero-order valence-corrected chi connectivity index (χ0v) is 13.5. The van der Waals surface area contributed by atoms with Gasteiger partial charge in [0.25, 0.3) is 0 Å². The van der Waals surface area contributed by atoms with E-state index in [1.807, 2.05) is 13.8 Å². The lowest BCUT2D eigenvalue weighted by Gasteiger charge is -2.65. The topological polar surface area (TPSA) is 55.1 Å². The molecule has 3 heteroatoms. The number of nitrogens with two attached hydrogens (primary N) is 1. The van der Waals surface area contributed by atoms with Crippen LogP contribution in [0, 0.1) is 22.2 Å². The van der Waals surface area contributed by atoms with Crippen molar-refractivity contribution >= 4 is 5.91 Å². The molecule has 0 aromatic carbocycles. The molecule has 4 fully saturated rings. The summed E-state index contributed by atoms with van der Waals surface area (Å²) < 4.78 is 0. The Labute approximate surface area is 123 Å². The quantitative estimate of drug-likeness (QED) is 0.834. The minimum atomic E-state index is -0.453. The Morgan fingerprint density at radius 1 is 1.15 bits per heavy atom. The van der Waals surface area contributed by atoms with Crippen molar-refractivity contribution in [3.63, 3.8) is 0 Å². The molecule has 3 N–H and O–H groups in total. The molecule has 1 amide bonds. The van der Waals surface area contributed by atoms with Crippen LogP contribution in [0.1, 0.15) is 66.2 Å². The second-order valence-corrected chi connectivity index (χ2v) is 9.45. The molecule has 3 nitrogen and oxygen atoms in total. The van der Waals surface area contributed by atoms with Crippen molar-refractivity contribution in [1.29, 1.82) is 0 Å². The van der Waals surface area contributed by atoms with E-state index in [0.717, 1.165) is 5.92 Å². The van der Waals surface area contributed by atoms with E-state index in [-0.39, 0.29) is 11.4 Å². The first-order valence-corrected chi connectivity index (χ1v) is 8.12. The summed E-state index contributed by atoms with van der Waals surface area (Å²) in [5, 5.41) is 3.45. The van der Waals surface area contributed by atoms with Gasteiger partial charge in [0.2, 0.25) is 5.91 Å². The fraction of sp³-hybridized carbons (Fsp3) is 0.941. The van der Waals surface area contributed by atoms with Crippen LogP contribution in [-0.4, -0.2) is 18.0 Å². The average Bonchev–Trinajstić information content (AvgIpc) is 2.22. The van der Waals surface area contributed by atoms with Crippen LogP contribution < -0.4 is 11.1 Å². The smallest absolute Gasteiger partial charge is 0.227 e. The number of carbonyl (C=O) groups is 1. The number of carbonyl (C=O) groups excluding carboxylic acids is 1. The summed E-state index contributed by atoms with van der Waals surface area (Å²) in [6.07, 6.45) is 7.58. The van der Waals surface area contributed by atoms with E-state index in [4.69, 9.17) is 5.73 Å². The summed E-state index contributed by atoms with van der Waals surface area (Å²) in [6.45, 7) is 9.18. The van der Waals surface area contributed by atoms with Crippen LogP contribution in [0.3, 0.4) is 0 Å². The summed E-state index contributed by atoms with van der Waals surface area (Å²) in [7, 11) is 0. The molecule has 20 heavy (non-hydrogen) atoms. The summed E-state index contributed by atoms with van der Waals surface area (Å²) in [6, 6.07) is 0. The van der Waals surface area contributed by atoms with Gasteiger partial charge in [-0.05, 0) is 69.1 Å². The molecule has 2 atom stereocenters. The summed E-state index contributed by atoms with van der Waals surface area (Å²) in [4.78, 5) is 12.6. The molecule has 4 rings (SSSR count). The third-order valence-corrected chi connectivity index (χ3v) is 6.13. The highest BCUT2D eigenvalue weighted by Crippen LogP contribution is 2.66. The summed E-state index contributed by atoms with van der Waals surface area (Å²) in [5.74, 6) is 0.955. The Hall–Kier alpha value is -0.570. The Morgan fingerprint density at radius 2 is 1.70 bits per heavy atom. The summed E-state index contributed by atoms with van der Waals surface area (Å²) in [5.41, 5.74) is 6.24. The molecule has 0 radical (unpaired) electrons. The van der Waals surface area contributed by atoms with Crippen LogP contribution in [0.4, 0.5) is 0 Å². The number of hydrogen-bond donors (Lipinski definition) is 2. The van der Waals surface area contributed by atoms with Crippen LogP contribution >= 0.6 is 0 Å². The van der Waals surface area contributed by atoms with Crippen LogP contribution in [-0.2, 0) is 4.79 Å². The Kier molecular flexibility index (Phi) is 2.87. The zero-order chi connectivity index (χ0) is 14.8. The molecule has 0 aromatic rings. The van der Waals surface area contributed by atoms with Crippen LogP contribution in [0.5, 0.6) is 0 Å². The minimum Gasteiger partial charge on any atom is -0.350 e. The first-order chi connectivity index (χ1) is 9.10. The van der Waals surface area contributed by atoms with Gasteiger partial charge in [-0.2, -0.15) is 0 Å². The molecule has 114 valence electrons. The lowest BCUT2D eigenvalue weighted by molar-refractivity contribution is -0.145. The average molecular weight is 278 g/mol. The van der Waals surface area contributed by atoms with Gasteiger partial charge in [0.1, 0.15) is 0 Å². The first kappa shape index (κ1) is 14.4. The van der Waals surface area contributed by atoms with Crippen molar-refractivity contribution in [3.8, 4) is 0 Å². The second-order valence-electron chi connectivity index (χ2n) is 9.45. The van der Waals surface area contributed by atoms with Crippen molar-refractivity contribution in [2.45, 2.75) is 71.8 Å². The summed E-state index contributed by atoms with van der Waals surface area (Å²) >= 11 is 0. The van der Waals surface area contributed by atoms with Crippen molar-refractivity contribution < 1.29 is 4.79 Å². The molecule has 0 aliphatic heterocycles. The first-order valence-electron chi connectivity index (χ1n) is 8.12. The largest absolute Gasteiger partial charge is 0.350 e. The van der Waals surface area contributed by atoms with E-state index in [9.17, 15) is 4.79 Å². The van der Waals surface area contributed by atoms with Gasteiger partial charge >= 0.3 is 0 Å². The van der Waals surface area contributed by atoms with E-state index < -0.39 is 5.41 Å². The maximum absolute atomic E-state index is 12.6. The molecule has 4 aliphatic rings. The lowest BCUT2D eigenvalue weighted by atomic mass is 9.42. The van der Waals surface area contributed by atoms with Gasteiger partial charge in [0.15, 0.2) is 0 Å². The van der Waals surface area contributed by atoms with Crippen LogP contribution in [0.15, 0.2) is 0 Å². The normalized spacial score (nSPS) is 46.5. The molecule has 0 aromatic heterocycles. The zero-order valence-electron chi connectivity index (χ0n) is 13.5. The van der Waals surface area contributed by atoms with E-state index in [2.05, 4.69) is 19.2 Å². The van der Waals surface area contributed by atoms with Gasteiger partial charge < -0.3 is 11.1 Å². The standard InChI is InChI=1S/C17H30N2O/c1-14(2,11-18)13(20)19-17-7-12-5-15(3,9-17)8-16(4,6-12)10-17/h12H,5-11,18H2,1-4H3,(H,19,20). The molecule has 4 aliphatic carbocycles. The van der Waals surface area contributed by atoms with E-state index in [1.54, 1.807) is 0 Å². The predicted octanol–water partition coefficient (Wildman–Crippen LogP) is 2.84. The van der Waals surface area contributed by atoms with Crippen molar-refractivity contribution in [2.75, 3.05) is 6.54 Å². The Morgan fingerprint density at radius 3 is 2.15 bits per heavy atom. The second kappa shape index (κ2) is 4.00. The number of hydrogen-bond acceptors (Lipinski definition) is 2. The fourth-order valence-corrected chi connectivity index (χ4v) is 6.09. The lowest BCUT2D eigenvalue weighted by Crippen LogP contribution is -2.66. The highest BCUT2D eigenvalue weighted by atomic mass is 16.2. The fourth-order valence-electron chi connectivity index (χ4n) is 6.09. The number of rotatable bonds is 3. The molecule has 4 saturated carbocycles. The van der Waals surface area contributed by atoms with Crippen molar-refractivity contribution in [3.05, 3.63) is 0 Å². The number of nitrogens with one attached hydrogen (secondary N) is 1. The third-order valence-electron chi connectivity index (χ3n) is 6.13. The number of amides is 1. The predicted molar refractivity (Wildman–Crippen MR) is 81.1 cm³/mol. The molecule has 4 bridgehead atoms. The molecule has 0 heterocycles. The molecule has 2 unspecified atom stereocenters. The highest BCUT2D eigenvalue weighted by Gasteiger charge is 2.60. The maximum Gasteiger partial charge on any atom is 0.227 e. The monoisotopic (exact) mass is 278 g/mol. The van der Waals surface area contributed by atoms with Gasteiger partial charge in [-0.25, -0.2) is 0 Å². The SMILES string of the molecule is CC12CC3CC(C)(C1)CC(NC(=O)C(C)(C)CN)(C3)C2. The van der Waals surface area contributed by atoms with E-state index in [0.29, 0.717) is 17.4 Å². The minimum absolute atomic E-state index is 0.0481.